The molecule has 0 bridgehead atoms. The molecule has 2 aromatic carbocycles. The van der Waals surface area contributed by atoms with Crippen LogP contribution >= 0.6 is 0 Å². The van der Waals surface area contributed by atoms with Gasteiger partial charge in [-0.1, -0.05) is 60.7 Å². The first-order valence-electron chi connectivity index (χ1n) is 5.78. The van der Waals surface area contributed by atoms with Crippen molar-refractivity contribution >= 4 is 0 Å². The maximum atomic E-state index is 2.28. The molecule has 1 nitrogen and oxygen atoms in total. The van der Waals surface area contributed by atoms with Gasteiger partial charge < -0.3 is 5.32 Å². The van der Waals surface area contributed by atoms with Gasteiger partial charge in [-0.25, -0.2) is 0 Å². The van der Waals surface area contributed by atoms with E-state index in [-0.39, 0.29) is 0 Å². The highest BCUT2D eigenvalue weighted by Gasteiger charge is 2.12. The first-order chi connectivity index (χ1) is 7.90. The molecular weight excluding hydrogens is 194 g/mol. The Kier molecular flexibility index (Phi) is 3.73. The molecule has 2 rings (SSSR count). The smallest absolute Gasteiger partial charge is 0.115 e. The molecule has 16 heavy (non-hydrogen) atoms. The fourth-order valence-corrected chi connectivity index (χ4v) is 2.00. The van der Waals surface area contributed by atoms with E-state index in [9.17, 15) is 0 Å². The summed E-state index contributed by atoms with van der Waals surface area (Å²) >= 11 is 0. The predicted octanol–water partition coefficient (Wildman–Crippen LogP) is 2.16. The summed E-state index contributed by atoms with van der Waals surface area (Å²) < 4.78 is 0. The molecular formula is C15H18N+. The van der Waals surface area contributed by atoms with Crippen molar-refractivity contribution in [1.82, 2.24) is 0 Å². The molecule has 0 unspecified atom stereocenters. The van der Waals surface area contributed by atoms with Crippen LogP contribution in [0.1, 0.15) is 17.2 Å². The lowest BCUT2D eigenvalue weighted by Gasteiger charge is -2.13. The molecule has 0 aliphatic heterocycles. The lowest BCUT2D eigenvalue weighted by molar-refractivity contribution is -0.670. The Hall–Kier alpha value is -1.60. The minimum atomic E-state index is 0.517. The summed E-state index contributed by atoms with van der Waals surface area (Å²) in [6, 6.07) is 21.9. The molecule has 0 aliphatic carbocycles. The second-order valence-electron chi connectivity index (χ2n) is 4.04. The van der Waals surface area contributed by atoms with E-state index in [4.69, 9.17) is 0 Å². The van der Waals surface area contributed by atoms with Crippen molar-refractivity contribution in [1.29, 1.82) is 0 Å². The molecule has 2 aromatic rings. The molecule has 0 aliphatic rings. The molecule has 1 heteroatoms. The third-order valence-corrected chi connectivity index (χ3v) is 2.93. The van der Waals surface area contributed by atoms with Crippen molar-refractivity contribution < 1.29 is 5.32 Å². The van der Waals surface area contributed by atoms with Gasteiger partial charge in [0.25, 0.3) is 0 Å². The fraction of sp³-hybridized carbons (Fsp3) is 0.200. The average molecular weight is 212 g/mol. The Morgan fingerprint density at radius 2 is 1.44 bits per heavy atom. The van der Waals surface area contributed by atoms with Gasteiger partial charge in [-0.3, -0.25) is 0 Å². The van der Waals surface area contributed by atoms with Crippen LogP contribution in [0.4, 0.5) is 0 Å². The highest BCUT2D eigenvalue weighted by Crippen LogP contribution is 2.14. The van der Waals surface area contributed by atoms with E-state index < -0.39 is 0 Å². The zero-order valence-electron chi connectivity index (χ0n) is 9.64. The van der Waals surface area contributed by atoms with Crippen molar-refractivity contribution in [3.8, 4) is 0 Å². The van der Waals surface area contributed by atoms with Crippen LogP contribution in [0.25, 0.3) is 0 Å². The van der Waals surface area contributed by atoms with Gasteiger partial charge in [-0.15, -0.1) is 0 Å². The quantitative estimate of drug-likeness (QED) is 0.800. The molecule has 1 atom stereocenters. The van der Waals surface area contributed by atoms with Crippen molar-refractivity contribution in [2.45, 2.75) is 12.5 Å². The zero-order chi connectivity index (χ0) is 11.2. The highest BCUT2D eigenvalue weighted by atomic mass is 14.9. The van der Waals surface area contributed by atoms with Crippen molar-refractivity contribution in [3.63, 3.8) is 0 Å². The van der Waals surface area contributed by atoms with Crippen LogP contribution < -0.4 is 5.32 Å². The predicted molar refractivity (Wildman–Crippen MR) is 67.2 cm³/mol. The Morgan fingerprint density at radius 3 is 2.00 bits per heavy atom. The molecule has 2 N–H and O–H groups in total. The number of nitrogens with two attached hydrogens (primary N) is 1. The van der Waals surface area contributed by atoms with E-state index >= 15 is 0 Å². The number of quaternary nitrogens is 1. The zero-order valence-corrected chi connectivity index (χ0v) is 9.64. The molecule has 0 fully saturated rings. The highest BCUT2D eigenvalue weighted by molar-refractivity contribution is 5.21. The van der Waals surface area contributed by atoms with Gasteiger partial charge in [0.05, 0.1) is 7.05 Å². The lowest BCUT2D eigenvalue weighted by Crippen LogP contribution is -2.81. The summed E-state index contributed by atoms with van der Waals surface area (Å²) in [5.41, 5.74) is 2.79. The van der Waals surface area contributed by atoms with Crippen molar-refractivity contribution in [2.75, 3.05) is 7.05 Å². The van der Waals surface area contributed by atoms with Crippen molar-refractivity contribution in [3.05, 3.63) is 71.8 Å². The summed E-state index contributed by atoms with van der Waals surface area (Å²) in [6.45, 7) is 0. The third kappa shape index (κ3) is 2.71. The van der Waals surface area contributed by atoms with Crippen LogP contribution in [-0.2, 0) is 6.42 Å². The van der Waals surface area contributed by atoms with Gasteiger partial charge in [0, 0.05) is 12.0 Å². The number of rotatable bonds is 4. The van der Waals surface area contributed by atoms with Crippen LogP contribution in [0.15, 0.2) is 60.7 Å². The molecule has 0 heterocycles. The molecule has 0 amide bonds. The Morgan fingerprint density at radius 1 is 0.875 bits per heavy atom. The van der Waals surface area contributed by atoms with E-state index in [0.717, 1.165) is 6.42 Å². The Balaban J connectivity index is 2.13. The van der Waals surface area contributed by atoms with Crippen molar-refractivity contribution in [2.24, 2.45) is 0 Å². The topological polar surface area (TPSA) is 16.6 Å². The molecule has 82 valence electrons. The Bertz CT molecular complexity index is 408. The number of hydrogen-bond acceptors (Lipinski definition) is 0. The second kappa shape index (κ2) is 5.47. The van der Waals surface area contributed by atoms with Crippen LogP contribution in [0.2, 0.25) is 0 Å². The van der Waals surface area contributed by atoms with Gasteiger partial charge >= 0.3 is 0 Å². The second-order valence-corrected chi connectivity index (χ2v) is 4.04. The molecule has 0 saturated heterocycles. The van der Waals surface area contributed by atoms with Crippen LogP contribution in [0.3, 0.4) is 0 Å². The minimum Gasteiger partial charge on any atom is -0.342 e. The fourth-order valence-electron chi connectivity index (χ4n) is 2.00. The standard InChI is InChI=1S/C15H17N/c1-16-15(14-10-6-3-7-11-14)12-13-8-4-2-5-9-13/h2-11,15-16H,12H2,1H3/p+1/t15-/m0/s1. The van der Waals surface area contributed by atoms with E-state index in [2.05, 4.69) is 73.0 Å². The molecule has 0 radical (unpaired) electrons. The number of benzene rings is 2. The minimum absolute atomic E-state index is 0.517. The maximum Gasteiger partial charge on any atom is 0.115 e. The molecule has 0 aromatic heterocycles. The van der Waals surface area contributed by atoms with E-state index in [1.165, 1.54) is 11.1 Å². The van der Waals surface area contributed by atoms with Gasteiger partial charge in [0.2, 0.25) is 0 Å². The summed E-state index contributed by atoms with van der Waals surface area (Å²) in [5, 5.41) is 2.28. The summed E-state index contributed by atoms with van der Waals surface area (Å²) in [4.78, 5) is 0. The molecule has 0 spiro atoms. The average Bonchev–Trinajstić information content (AvgIpc) is 2.38. The first kappa shape index (κ1) is 10.9. The normalized spacial score (nSPS) is 12.3. The van der Waals surface area contributed by atoms with Gasteiger partial charge in [0.15, 0.2) is 0 Å². The van der Waals surface area contributed by atoms with Gasteiger partial charge in [0.1, 0.15) is 6.04 Å². The molecule has 0 saturated carbocycles. The summed E-state index contributed by atoms with van der Waals surface area (Å²) in [7, 11) is 2.14. The van der Waals surface area contributed by atoms with Gasteiger partial charge in [-0.2, -0.15) is 0 Å². The lowest BCUT2D eigenvalue weighted by atomic mass is 9.99. The third-order valence-electron chi connectivity index (χ3n) is 2.93. The summed E-state index contributed by atoms with van der Waals surface area (Å²) in [5.74, 6) is 0. The van der Waals surface area contributed by atoms with E-state index in [1.807, 2.05) is 0 Å². The Labute approximate surface area is 97.1 Å². The van der Waals surface area contributed by atoms with E-state index in [0.29, 0.717) is 6.04 Å². The maximum absolute atomic E-state index is 2.28. The van der Waals surface area contributed by atoms with Crippen LogP contribution in [0.5, 0.6) is 0 Å². The van der Waals surface area contributed by atoms with E-state index in [1.54, 1.807) is 0 Å². The summed E-state index contributed by atoms with van der Waals surface area (Å²) in [6.07, 6.45) is 1.08. The number of hydrogen-bond donors (Lipinski definition) is 1. The van der Waals surface area contributed by atoms with Crippen LogP contribution in [0, 0.1) is 0 Å². The number of likely N-dealkylation sites (N-methyl/N-ethyl adjacent to an activating group) is 1. The first-order valence-corrected chi connectivity index (χ1v) is 5.78. The SMILES string of the molecule is C[NH2+][C@@H](Cc1ccccc1)c1ccccc1. The largest absolute Gasteiger partial charge is 0.342 e. The van der Waals surface area contributed by atoms with Crippen LogP contribution in [-0.4, -0.2) is 7.05 Å². The van der Waals surface area contributed by atoms with Gasteiger partial charge in [-0.05, 0) is 5.56 Å². The monoisotopic (exact) mass is 212 g/mol.